The van der Waals surface area contributed by atoms with Crippen molar-refractivity contribution in [3.05, 3.63) is 93.8 Å². The van der Waals surface area contributed by atoms with Crippen molar-refractivity contribution in [1.29, 1.82) is 0 Å². The van der Waals surface area contributed by atoms with E-state index in [-0.39, 0.29) is 23.6 Å². The van der Waals surface area contributed by atoms with Crippen LogP contribution in [0.4, 0.5) is 5.69 Å². The lowest BCUT2D eigenvalue weighted by molar-refractivity contribution is -0.118. The molecule has 176 valence electrons. The first kappa shape index (κ1) is 23.8. The van der Waals surface area contributed by atoms with E-state index in [4.69, 9.17) is 0 Å². The molecule has 34 heavy (non-hydrogen) atoms. The van der Waals surface area contributed by atoms with Crippen molar-refractivity contribution in [2.24, 2.45) is 5.92 Å². The fourth-order valence-corrected chi connectivity index (χ4v) is 4.71. The number of hydrogen-bond acceptors (Lipinski definition) is 4. The third-order valence-corrected chi connectivity index (χ3v) is 7.07. The Morgan fingerprint density at radius 1 is 1.00 bits per heavy atom. The average molecular weight is 474 g/mol. The van der Waals surface area contributed by atoms with Crippen molar-refractivity contribution in [3.63, 3.8) is 0 Å². The van der Waals surface area contributed by atoms with Crippen LogP contribution in [0.15, 0.2) is 77.8 Å². The lowest BCUT2D eigenvalue weighted by Gasteiger charge is -2.32. The Kier molecular flexibility index (Phi) is 7.80. The van der Waals surface area contributed by atoms with Crippen molar-refractivity contribution >= 4 is 34.9 Å². The lowest BCUT2D eigenvalue weighted by atomic mass is 9.98. The summed E-state index contributed by atoms with van der Waals surface area (Å²) in [6.45, 7) is 6.45. The summed E-state index contributed by atoms with van der Waals surface area (Å²) >= 11 is 1.51. The third kappa shape index (κ3) is 6.14. The SMILES string of the molecule is CC1CCN(c2ccc([C@@H](C)NC(=O)/C(=C/c3cccs3)NC(=O)c3ccccc3)cc2)CC1. The highest BCUT2D eigenvalue weighted by molar-refractivity contribution is 7.10. The van der Waals surface area contributed by atoms with E-state index in [1.807, 2.05) is 30.5 Å². The maximum Gasteiger partial charge on any atom is 0.268 e. The Labute approximate surface area is 205 Å². The highest BCUT2D eigenvalue weighted by Crippen LogP contribution is 2.25. The number of amides is 2. The summed E-state index contributed by atoms with van der Waals surface area (Å²) in [5, 5.41) is 7.77. The van der Waals surface area contributed by atoms with Gasteiger partial charge in [0, 0.05) is 29.2 Å². The van der Waals surface area contributed by atoms with Gasteiger partial charge in [0.2, 0.25) is 0 Å². The first-order valence-corrected chi connectivity index (χ1v) is 12.6. The van der Waals surface area contributed by atoms with Crippen LogP contribution < -0.4 is 15.5 Å². The van der Waals surface area contributed by atoms with Gasteiger partial charge in [-0.05, 0) is 73.0 Å². The molecule has 0 saturated carbocycles. The van der Waals surface area contributed by atoms with E-state index >= 15 is 0 Å². The van der Waals surface area contributed by atoms with Crippen LogP contribution in [0.1, 0.15) is 53.5 Å². The molecule has 0 aliphatic carbocycles. The fourth-order valence-electron chi connectivity index (χ4n) is 4.06. The van der Waals surface area contributed by atoms with Gasteiger partial charge in [-0.2, -0.15) is 0 Å². The number of benzene rings is 2. The highest BCUT2D eigenvalue weighted by Gasteiger charge is 2.19. The van der Waals surface area contributed by atoms with Crippen LogP contribution in [0.3, 0.4) is 0 Å². The summed E-state index contributed by atoms with van der Waals surface area (Å²) in [6, 6.07) is 20.9. The number of hydrogen-bond donors (Lipinski definition) is 2. The molecular weight excluding hydrogens is 442 g/mol. The molecule has 0 radical (unpaired) electrons. The predicted octanol–water partition coefficient (Wildman–Crippen LogP) is 5.63. The summed E-state index contributed by atoms with van der Waals surface area (Å²) < 4.78 is 0. The number of rotatable bonds is 7. The Morgan fingerprint density at radius 2 is 1.71 bits per heavy atom. The first-order valence-electron chi connectivity index (χ1n) is 11.8. The fraction of sp³-hybridized carbons (Fsp3) is 0.286. The monoisotopic (exact) mass is 473 g/mol. The van der Waals surface area contributed by atoms with Gasteiger partial charge in [-0.15, -0.1) is 11.3 Å². The van der Waals surface area contributed by atoms with Gasteiger partial charge < -0.3 is 15.5 Å². The van der Waals surface area contributed by atoms with Gasteiger partial charge in [0.1, 0.15) is 5.70 Å². The lowest BCUT2D eigenvalue weighted by Crippen LogP contribution is -2.36. The largest absolute Gasteiger partial charge is 0.372 e. The number of anilines is 1. The molecule has 1 aliphatic heterocycles. The molecule has 2 aromatic carbocycles. The Bertz CT molecular complexity index is 1120. The van der Waals surface area contributed by atoms with Crippen LogP contribution in [0.2, 0.25) is 0 Å². The predicted molar refractivity (Wildman–Crippen MR) is 140 cm³/mol. The van der Waals surface area contributed by atoms with Crippen LogP contribution in [-0.4, -0.2) is 24.9 Å². The maximum absolute atomic E-state index is 13.2. The van der Waals surface area contributed by atoms with Crippen molar-refractivity contribution in [2.75, 3.05) is 18.0 Å². The van der Waals surface area contributed by atoms with E-state index in [0.29, 0.717) is 5.56 Å². The molecule has 5 nitrogen and oxygen atoms in total. The Balaban J connectivity index is 1.44. The molecule has 0 bridgehead atoms. The third-order valence-electron chi connectivity index (χ3n) is 6.25. The van der Waals surface area contributed by atoms with E-state index in [1.54, 1.807) is 30.3 Å². The van der Waals surface area contributed by atoms with Gasteiger partial charge >= 0.3 is 0 Å². The van der Waals surface area contributed by atoms with Gasteiger partial charge in [-0.3, -0.25) is 9.59 Å². The molecule has 4 rings (SSSR count). The summed E-state index contributed by atoms with van der Waals surface area (Å²) in [6.07, 6.45) is 4.17. The molecule has 1 fully saturated rings. The second-order valence-electron chi connectivity index (χ2n) is 8.85. The number of nitrogens with one attached hydrogen (secondary N) is 2. The quantitative estimate of drug-likeness (QED) is 0.437. The minimum absolute atomic E-state index is 0.205. The van der Waals surface area contributed by atoms with Gasteiger partial charge in [-0.25, -0.2) is 0 Å². The van der Waals surface area contributed by atoms with Crippen LogP contribution in [0, 0.1) is 5.92 Å². The van der Waals surface area contributed by atoms with Crippen molar-refractivity contribution in [2.45, 2.75) is 32.7 Å². The average Bonchev–Trinajstić information content (AvgIpc) is 3.38. The zero-order valence-corrected chi connectivity index (χ0v) is 20.5. The van der Waals surface area contributed by atoms with E-state index < -0.39 is 0 Å². The van der Waals surface area contributed by atoms with Crippen LogP contribution >= 0.6 is 11.3 Å². The maximum atomic E-state index is 13.2. The summed E-state index contributed by atoms with van der Waals surface area (Å²) in [4.78, 5) is 29.2. The molecule has 1 aliphatic rings. The summed E-state index contributed by atoms with van der Waals surface area (Å²) in [7, 11) is 0. The molecular formula is C28H31N3O2S. The zero-order valence-electron chi connectivity index (χ0n) is 19.7. The van der Waals surface area contributed by atoms with E-state index in [0.717, 1.165) is 29.4 Å². The van der Waals surface area contributed by atoms with E-state index in [2.05, 4.69) is 46.7 Å². The van der Waals surface area contributed by atoms with Gasteiger partial charge in [0.05, 0.1) is 6.04 Å². The molecule has 3 aromatic rings. The molecule has 0 unspecified atom stereocenters. The van der Waals surface area contributed by atoms with E-state index in [9.17, 15) is 9.59 Å². The summed E-state index contributed by atoms with van der Waals surface area (Å²) in [5.74, 6) is 0.162. The minimum atomic E-state index is -0.320. The highest BCUT2D eigenvalue weighted by atomic mass is 32.1. The van der Waals surface area contributed by atoms with Gasteiger partial charge in [0.25, 0.3) is 11.8 Å². The van der Waals surface area contributed by atoms with Crippen LogP contribution in [-0.2, 0) is 4.79 Å². The molecule has 2 N–H and O–H groups in total. The minimum Gasteiger partial charge on any atom is -0.372 e. The molecule has 6 heteroatoms. The molecule has 2 amide bonds. The Hall–Kier alpha value is -3.38. The molecule has 0 spiro atoms. The first-order chi connectivity index (χ1) is 16.5. The van der Waals surface area contributed by atoms with Gasteiger partial charge in [-0.1, -0.05) is 43.3 Å². The standard InChI is InChI=1S/C28H31N3O2S/c1-20-14-16-31(17-15-20)24-12-10-22(11-13-24)21(2)29-28(33)26(19-25-9-6-18-34-25)30-27(32)23-7-4-3-5-8-23/h3-13,18-21H,14-17H2,1-2H3,(H,29,33)(H,30,32)/b26-19-/t21-/m1/s1. The number of thiophene rings is 1. The smallest absolute Gasteiger partial charge is 0.268 e. The number of piperidine rings is 1. The second-order valence-corrected chi connectivity index (χ2v) is 9.83. The Morgan fingerprint density at radius 3 is 2.35 bits per heavy atom. The van der Waals surface area contributed by atoms with Crippen LogP contribution in [0.25, 0.3) is 6.08 Å². The normalized spacial score (nSPS) is 15.6. The number of carbonyl (C=O) groups is 2. The molecule has 1 aromatic heterocycles. The van der Waals surface area contributed by atoms with Crippen molar-refractivity contribution < 1.29 is 9.59 Å². The van der Waals surface area contributed by atoms with Crippen LogP contribution in [0.5, 0.6) is 0 Å². The molecule has 1 atom stereocenters. The van der Waals surface area contributed by atoms with Gasteiger partial charge in [0.15, 0.2) is 0 Å². The number of carbonyl (C=O) groups excluding carboxylic acids is 2. The number of nitrogens with zero attached hydrogens (tertiary/aromatic N) is 1. The van der Waals surface area contributed by atoms with Crippen molar-refractivity contribution in [3.8, 4) is 0 Å². The zero-order chi connectivity index (χ0) is 23.9. The molecule has 1 saturated heterocycles. The second kappa shape index (κ2) is 11.2. The topological polar surface area (TPSA) is 61.4 Å². The van der Waals surface area contributed by atoms with Crippen molar-refractivity contribution in [1.82, 2.24) is 10.6 Å². The summed E-state index contributed by atoms with van der Waals surface area (Å²) in [5.41, 5.74) is 2.97. The van der Waals surface area contributed by atoms with E-state index in [1.165, 1.54) is 29.9 Å². The molecule has 2 heterocycles.